The van der Waals surface area contributed by atoms with Gasteiger partial charge in [-0.05, 0) is 125 Å². The quantitative estimate of drug-likeness (QED) is 0.147. The van der Waals surface area contributed by atoms with E-state index in [1.165, 1.54) is 0 Å². The summed E-state index contributed by atoms with van der Waals surface area (Å²) >= 11 is 0. The van der Waals surface area contributed by atoms with Gasteiger partial charge in [0.1, 0.15) is 11.5 Å². The van der Waals surface area contributed by atoms with Crippen molar-refractivity contribution in [2.45, 2.75) is 78.1 Å². The topological polar surface area (TPSA) is 40.5 Å². The lowest BCUT2D eigenvalue weighted by Crippen LogP contribution is -2.19. The van der Waals surface area contributed by atoms with Crippen molar-refractivity contribution >= 4 is 0 Å². The molecule has 0 saturated carbocycles. The molecular weight excluding hydrogens is 681 g/mol. The highest BCUT2D eigenvalue weighted by molar-refractivity contribution is 5.89. The predicted octanol–water partition coefficient (Wildman–Crippen LogP) is 13.2. The molecule has 1 radical (unpaired) electrons. The van der Waals surface area contributed by atoms with Gasteiger partial charge in [-0.15, -0.1) is 0 Å². The molecule has 2 heteroatoms. The van der Waals surface area contributed by atoms with Gasteiger partial charge in [-0.1, -0.05) is 163 Å². The van der Waals surface area contributed by atoms with Crippen molar-refractivity contribution < 1.29 is 10.2 Å². The maximum absolute atomic E-state index is 12.0. The first kappa shape index (κ1) is 38.4. The van der Waals surface area contributed by atoms with Crippen LogP contribution in [0.3, 0.4) is 0 Å². The molecule has 0 saturated heterocycles. The average molecular weight is 734 g/mol. The van der Waals surface area contributed by atoms with Gasteiger partial charge in [-0.3, -0.25) is 0 Å². The van der Waals surface area contributed by atoms with Crippen LogP contribution in [-0.2, 0) is 36.5 Å². The summed E-state index contributed by atoms with van der Waals surface area (Å²) in [5, 5.41) is 24.0. The fourth-order valence-corrected chi connectivity index (χ4v) is 7.70. The molecule has 7 rings (SSSR count). The molecule has 0 aliphatic carbocycles. The highest BCUT2D eigenvalue weighted by atomic mass is 16.3. The summed E-state index contributed by atoms with van der Waals surface area (Å²) in [5.41, 5.74) is 14.3. The molecule has 0 aliphatic heterocycles. The van der Waals surface area contributed by atoms with Crippen LogP contribution in [0.2, 0.25) is 0 Å². The number of rotatable bonds is 10. The average Bonchev–Trinajstić information content (AvgIpc) is 3.18. The van der Waals surface area contributed by atoms with Gasteiger partial charge < -0.3 is 10.2 Å². The first-order valence-electron chi connectivity index (χ1n) is 19.8. The Balaban J connectivity index is 1.53. The molecule has 0 heterocycles. The number of phenols is 2. The second-order valence-corrected chi connectivity index (χ2v) is 17.3. The Morgan fingerprint density at radius 2 is 0.732 bits per heavy atom. The lowest BCUT2D eigenvalue weighted by Gasteiger charge is -2.30. The lowest BCUT2D eigenvalue weighted by atomic mass is 9.73. The van der Waals surface area contributed by atoms with Crippen LogP contribution in [0.25, 0.3) is 22.3 Å². The van der Waals surface area contributed by atoms with E-state index in [1.54, 1.807) is 0 Å². The maximum atomic E-state index is 12.0. The molecule has 0 fully saturated rings. The minimum atomic E-state index is -0.265. The van der Waals surface area contributed by atoms with E-state index in [-0.39, 0.29) is 10.8 Å². The Kier molecular flexibility index (Phi) is 11.0. The standard InChI is InChI=1S/C54H53O2/c1-53(2,3)47-35-48(41-31-43(27-37-19-11-7-12-20-37)51(55)44(32-41)28-38-21-13-8-14-22-38)50(49(36-47)54(4,5)6)42-33-45(29-39-23-15-9-16-24-39)52(56)46(34-42)30-40-25-17-10-18-26-40/h7-26,31-35,55-56H,27-30H2,1-6H3. The third-order valence-electron chi connectivity index (χ3n) is 10.7. The summed E-state index contributed by atoms with van der Waals surface area (Å²) in [6.45, 7) is 13.6. The molecule has 0 spiro atoms. The zero-order valence-corrected chi connectivity index (χ0v) is 33.7. The number of benzene rings is 7. The molecule has 0 atom stereocenters. The fraction of sp³-hybridized carbons (Fsp3) is 0.222. The van der Waals surface area contributed by atoms with E-state index in [2.05, 4.69) is 175 Å². The van der Waals surface area contributed by atoms with Crippen molar-refractivity contribution in [1.82, 2.24) is 0 Å². The van der Waals surface area contributed by atoms with Gasteiger partial charge in [0.25, 0.3) is 0 Å². The molecule has 281 valence electrons. The van der Waals surface area contributed by atoms with Crippen LogP contribution in [0.5, 0.6) is 11.5 Å². The summed E-state index contributed by atoms with van der Waals surface area (Å²) in [6, 6.07) is 56.7. The Morgan fingerprint density at radius 3 is 1.04 bits per heavy atom. The van der Waals surface area contributed by atoms with E-state index in [0.717, 1.165) is 77.9 Å². The summed E-state index contributed by atoms with van der Waals surface area (Å²) in [4.78, 5) is 0. The first-order chi connectivity index (χ1) is 26.8. The smallest absolute Gasteiger partial charge is 0.122 e. The molecule has 2 nitrogen and oxygen atoms in total. The summed E-state index contributed by atoms with van der Waals surface area (Å²) in [7, 11) is 0. The van der Waals surface area contributed by atoms with Gasteiger partial charge in [0.05, 0.1) is 0 Å². The molecule has 0 unspecified atom stereocenters. The van der Waals surface area contributed by atoms with E-state index >= 15 is 0 Å². The molecule has 7 aromatic carbocycles. The van der Waals surface area contributed by atoms with Gasteiger partial charge in [-0.2, -0.15) is 0 Å². The Labute approximate surface area is 334 Å². The third kappa shape index (κ3) is 8.82. The first-order valence-corrected chi connectivity index (χ1v) is 19.8. The van der Waals surface area contributed by atoms with Crippen LogP contribution in [0, 0.1) is 6.07 Å². The SMILES string of the molecule is CC(C)(C)c1[c]c(C(C)(C)C)c(-c2cc(Cc3ccccc3)c(O)c(Cc3ccccc3)c2)c(-c2cc(Cc3ccccc3)c(O)c(Cc3ccccc3)c2)c1. The predicted molar refractivity (Wildman–Crippen MR) is 234 cm³/mol. The van der Waals surface area contributed by atoms with Gasteiger partial charge in [-0.25, -0.2) is 0 Å². The minimum absolute atomic E-state index is 0.171. The largest absolute Gasteiger partial charge is 0.507 e. The van der Waals surface area contributed by atoms with Gasteiger partial charge >= 0.3 is 0 Å². The van der Waals surface area contributed by atoms with E-state index < -0.39 is 0 Å². The van der Waals surface area contributed by atoms with Crippen LogP contribution < -0.4 is 0 Å². The van der Waals surface area contributed by atoms with Crippen LogP contribution in [0.15, 0.2) is 152 Å². The van der Waals surface area contributed by atoms with E-state index in [0.29, 0.717) is 37.2 Å². The maximum Gasteiger partial charge on any atom is 0.122 e. The molecule has 56 heavy (non-hydrogen) atoms. The number of hydrogen-bond acceptors (Lipinski definition) is 2. The third-order valence-corrected chi connectivity index (χ3v) is 10.7. The second-order valence-electron chi connectivity index (χ2n) is 17.3. The van der Waals surface area contributed by atoms with Gasteiger partial charge in [0.2, 0.25) is 0 Å². The number of phenolic OH excluding ortho intramolecular Hbond substituents is 2. The van der Waals surface area contributed by atoms with Crippen molar-refractivity contribution in [2.75, 3.05) is 0 Å². The lowest BCUT2D eigenvalue weighted by molar-refractivity contribution is 0.463. The van der Waals surface area contributed by atoms with Gasteiger partial charge in [0, 0.05) is 25.7 Å². The molecule has 0 aliphatic rings. The number of aromatic hydroxyl groups is 2. The van der Waals surface area contributed by atoms with Crippen molar-refractivity contribution in [1.29, 1.82) is 0 Å². The second kappa shape index (κ2) is 16.1. The van der Waals surface area contributed by atoms with E-state index in [4.69, 9.17) is 0 Å². The van der Waals surface area contributed by atoms with E-state index in [9.17, 15) is 10.2 Å². The van der Waals surface area contributed by atoms with Crippen molar-refractivity contribution in [3.05, 3.63) is 213 Å². The highest BCUT2D eigenvalue weighted by Crippen LogP contribution is 2.46. The highest BCUT2D eigenvalue weighted by Gasteiger charge is 2.28. The Bertz CT molecular complexity index is 2290. The Hall–Kier alpha value is -5.86. The Morgan fingerprint density at radius 1 is 0.411 bits per heavy atom. The normalized spacial score (nSPS) is 11.8. The van der Waals surface area contributed by atoms with Gasteiger partial charge in [0.15, 0.2) is 0 Å². The molecule has 0 amide bonds. The minimum Gasteiger partial charge on any atom is -0.507 e. The van der Waals surface area contributed by atoms with Crippen LogP contribution in [-0.4, -0.2) is 10.2 Å². The van der Waals surface area contributed by atoms with Crippen molar-refractivity contribution in [3.63, 3.8) is 0 Å². The zero-order chi connectivity index (χ0) is 39.5. The van der Waals surface area contributed by atoms with Crippen molar-refractivity contribution in [3.8, 4) is 33.8 Å². The summed E-state index contributed by atoms with van der Waals surface area (Å²) in [5.74, 6) is 0.688. The molecule has 2 N–H and O–H groups in total. The molecule has 0 aromatic heterocycles. The number of hydrogen-bond donors (Lipinski definition) is 2. The summed E-state index contributed by atoms with van der Waals surface area (Å²) < 4.78 is 0. The summed E-state index contributed by atoms with van der Waals surface area (Å²) in [6.07, 6.45) is 2.43. The fourth-order valence-electron chi connectivity index (χ4n) is 7.70. The molecule has 7 aromatic rings. The van der Waals surface area contributed by atoms with Crippen molar-refractivity contribution in [2.24, 2.45) is 0 Å². The monoisotopic (exact) mass is 733 g/mol. The van der Waals surface area contributed by atoms with Crippen LogP contribution in [0.1, 0.15) is 97.2 Å². The zero-order valence-electron chi connectivity index (χ0n) is 33.7. The van der Waals surface area contributed by atoms with Crippen LogP contribution in [0.4, 0.5) is 0 Å². The van der Waals surface area contributed by atoms with E-state index in [1.807, 2.05) is 24.3 Å². The molecular formula is C54H53O2. The molecule has 0 bridgehead atoms. The van der Waals surface area contributed by atoms with Crippen LogP contribution >= 0.6 is 0 Å².